The van der Waals surface area contributed by atoms with Gasteiger partial charge in [-0.1, -0.05) is 12.1 Å². The number of ether oxygens (including phenoxy) is 1. The molecule has 3 nitrogen and oxygen atoms in total. The molecule has 3 rings (SSSR count). The Morgan fingerprint density at radius 3 is 2.62 bits per heavy atom. The number of hydrogen-bond donors (Lipinski definition) is 1. The number of para-hydroxylation sites is 1. The molecule has 0 spiro atoms. The third-order valence-corrected chi connectivity index (χ3v) is 4.49. The largest absolute Gasteiger partial charge is 0.489 e. The lowest BCUT2D eigenvalue weighted by molar-refractivity contribution is 0.162. The van der Waals surface area contributed by atoms with Crippen molar-refractivity contribution in [3.8, 4) is 5.75 Å². The zero-order chi connectivity index (χ0) is 14.5. The summed E-state index contributed by atoms with van der Waals surface area (Å²) in [6, 6.07) is 7.39. The maximum atomic E-state index is 13.5. The van der Waals surface area contributed by atoms with Gasteiger partial charge in [-0.05, 0) is 56.8 Å². The van der Waals surface area contributed by atoms with E-state index < -0.39 is 0 Å². The minimum atomic E-state index is -0.270. The highest BCUT2D eigenvalue weighted by Gasteiger charge is 2.30. The van der Waals surface area contributed by atoms with Gasteiger partial charge in [-0.2, -0.15) is 0 Å². The molecular weight excluding hydrogens is 267 g/mol. The van der Waals surface area contributed by atoms with Crippen LogP contribution in [0.15, 0.2) is 24.3 Å². The van der Waals surface area contributed by atoms with Gasteiger partial charge in [-0.3, -0.25) is 4.90 Å². The van der Waals surface area contributed by atoms with Gasteiger partial charge in [0.15, 0.2) is 11.6 Å². The maximum Gasteiger partial charge on any atom is 0.165 e. The summed E-state index contributed by atoms with van der Waals surface area (Å²) < 4.78 is 19.1. The van der Waals surface area contributed by atoms with Crippen LogP contribution >= 0.6 is 0 Å². The van der Waals surface area contributed by atoms with Gasteiger partial charge in [-0.15, -0.1) is 0 Å². The van der Waals surface area contributed by atoms with Gasteiger partial charge in [0.2, 0.25) is 0 Å². The molecule has 0 unspecified atom stereocenters. The topological polar surface area (TPSA) is 24.5 Å². The first-order valence-electron chi connectivity index (χ1n) is 8.15. The summed E-state index contributed by atoms with van der Waals surface area (Å²) in [6.45, 7) is 4.95. The normalized spacial score (nSPS) is 19.9. The van der Waals surface area contributed by atoms with E-state index in [0.717, 1.165) is 31.6 Å². The molecule has 1 heterocycles. The molecule has 0 bridgehead atoms. The second kappa shape index (κ2) is 7.23. The van der Waals surface area contributed by atoms with E-state index in [9.17, 15) is 4.39 Å². The van der Waals surface area contributed by atoms with Crippen LogP contribution in [-0.4, -0.2) is 43.7 Å². The fraction of sp³-hybridized carbons (Fsp3) is 0.647. The van der Waals surface area contributed by atoms with Gasteiger partial charge in [0, 0.05) is 19.1 Å². The van der Waals surface area contributed by atoms with Crippen LogP contribution in [0, 0.1) is 11.7 Å². The number of piperidine rings is 1. The number of hydrogen-bond acceptors (Lipinski definition) is 3. The Balaban J connectivity index is 1.45. The summed E-state index contributed by atoms with van der Waals surface area (Å²) in [7, 11) is 0. The van der Waals surface area contributed by atoms with E-state index >= 15 is 0 Å². The highest BCUT2D eigenvalue weighted by molar-refractivity contribution is 5.23. The molecule has 0 atom stereocenters. The van der Waals surface area contributed by atoms with Crippen LogP contribution in [0.4, 0.5) is 4.39 Å². The second-order valence-corrected chi connectivity index (χ2v) is 6.20. The van der Waals surface area contributed by atoms with Crippen LogP contribution < -0.4 is 10.1 Å². The fourth-order valence-corrected chi connectivity index (χ4v) is 3.09. The number of rotatable bonds is 7. The van der Waals surface area contributed by atoms with Gasteiger partial charge >= 0.3 is 0 Å². The molecule has 116 valence electrons. The predicted molar refractivity (Wildman–Crippen MR) is 82.1 cm³/mol. The minimum absolute atomic E-state index is 0.270. The Morgan fingerprint density at radius 1 is 1.14 bits per heavy atom. The average Bonchev–Trinajstić information content (AvgIpc) is 3.34. The molecule has 1 saturated carbocycles. The molecule has 0 amide bonds. The lowest BCUT2D eigenvalue weighted by Crippen LogP contribution is -2.39. The van der Waals surface area contributed by atoms with E-state index in [1.807, 2.05) is 6.07 Å². The summed E-state index contributed by atoms with van der Waals surface area (Å²) in [5.74, 6) is 0.907. The van der Waals surface area contributed by atoms with Crippen molar-refractivity contribution in [1.82, 2.24) is 10.2 Å². The van der Waals surface area contributed by atoms with Crippen molar-refractivity contribution in [2.24, 2.45) is 5.92 Å². The van der Waals surface area contributed by atoms with E-state index in [1.54, 1.807) is 12.1 Å². The molecule has 2 fully saturated rings. The van der Waals surface area contributed by atoms with Crippen molar-refractivity contribution >= 4 is 0 Å². The molecule has 1 aromatic carbocycles. The minimum Gasteiger partial charge on any atom is -0.489 e. The zero-order valence-electron chi connectivity index (χ0n) is 12.6. The van der Waals surface area contributed by atoms with Gasteiger partial charge in [0.05, 0.1) is 0 Å². The van der Waals surface area contributed by atoms with Crippen LogP contribution in [0.5, 0.6) is 5.75 Å². The van der Waals surface area contributed by atoms with E-state index in [-0.39, 0.29) is 5.82 Å². The predicted octanol–water partition coefficient (Wildman–Crippen LogP) is 2.67. The molecule has 2 aliphatic rings. The summed E-state index contributed by atoms with van der Waals surface area (Å²) in [5.41, 5.74) is 0. The van der Waals surface area contributed by atoms with Crippen LogP contribution in [0.3, 0.4) is 0 Å². The average molecular weight is 292 g/mol. The molecule has 1 N–H and O–H groups in total. The van der Waals surface area contributed by atoms with Crippen molar-refractivity contribution in [2.75, 3.05) is 32.8 Å². The quantitative estimate of drug-likeness (QED) is 0.836. The molecular formula is C17H25FN2O. The van der Waals surface area contributed by atoms with Gasteiger partial charge < -0.3 is 10.1 Å². The number of nitrogens with one attached hydrogen (secondary N) is 1. The molecule has 21 heavy (non-hydrogen) atoms. The standard InChI is InChI=1S/C17H25FN2O/c18-16-3-1-2-4-17(16)21-12-11-20(15-5-6-15)13-14-7-9-19-10-8-14/h1-4,14-15,19H,5-13H2. The molecule has 1 aliphatic heterocycles. The van der Waals surface area contributed by atoms with Crippen molar-refractivity contribution < 1.29 is 9.13 Å². The third kappa shape index (κ3) is 4.42. The first-order chi connectivity index (χ1) is 10.3. The lowest BCUT2D eigenvalue weighted by atomic mass is 9.97. The molecule has 1 saturated heterocycles. The van der Waals surface area contributed by atoms with E-state index in [2.05, 4.69) is 10.2 Å². The zero-order valence-corrected chi connectivity index (χ0v) is 12.6. The highest BCUT2D eigenvalue weighted by Crippen LogP contribution is 2.28. The maximum absolute atomic E-state index is 13.5. The Hall–Kier alpha value is -1.13. The van der Waals surface area contributed by atoms with Crippen molar-refractivity contribution in [1.29, 1.82) is 0 Å². The smallest absolute Gasteiger partial charge is 0.165 e. The van der Waals surface area contributed by atoms with Crippen LogP contribution in [0.1, 0.15) is 25.7 Å². The van der Waals surface area contributed by atoms with Crippen LogP contribution in [0.2, 0.25) is 0 Å². The van der Waals surface area contributed by atoms with Crippen molar-refractivity contribution in [3.05, 3.63) is 30.1 Å². The first kappa shape index (κ1) is 14.8. The lowest BCUT2D eigenvalue weighted by Gasteiger charge is -2.30. The van der Waals surface area contributed by atoms with Gasteiger partial charge in [0.25, 0.3) is 0 Å². The van der Waals surface area contributed by atoms with Gasteiger partial charge in [0.1, 0.15) is 6.61 Å². The summed E-state index contributed by atoms with van der Waals surface area (Å²) in [5, 5.41) is 3.42. The summed E-state index contributed by atoms with van der Waals surface area (Å²) in [4.78, 5) is 2.55. The number of halogens is 1. The molecule has 1 aliphatic carbocycles. The highest BCUT2D eigenvalue weighted by atomic mass is 19.1. The molecule has 4 heteroatoms. The van der Waals surface area contributed by atoms with E-state index in [1.165, 1.54) is 38.3 Å². The Kier molecular flexibility index (Phi) is 5.09. The Morgan fingerprint density at radius 2 is 1.90 bits per heavy atom. The Labute approximate surface area is 126 Å². The van der Waals surface area contributed by atoms with E-state index in [0.29, 0.717) is 12.4 Å². The molecule has 0 radical (unpaired) electrons. The van der Waals surface area contributed by atoms with Crippen LogP contribution in [0.25, 0.3) is 0 Å². The number of nitrogens with zero attached hydrogens (tertiary/aromatic N) is 1. The third-order valence-electron chi connectivity index (χ3n) is 4.49. The number of benzene rings is 1. The van der Waals surface area contributed by atoms with Crippen molar-refractivity contribution in [2.45, 2.75) is 31.7 Å². The first-order valence-corrected chi connectivity index (χ1v) is 8.15. The SMILES string of the molecule is Fc1ccccc1OCCN(CC1CCNCC1)C1CC1. The summed E-state index contributed by atoms with van der Waals surface area (Å²) >= 11 is 0. The molecule has 0 aromatic heterocycles. The van der Waals surface area contributed by atoms with Crippen molar-refractivity contribution in [3.63, 3.8) is 0 Å². The summed E-state index contributed by atoms with van der Waals surface area (Å²) in [6.07, 6.45) is 5.17. The second-order valence-electron chi connectivity index (χ2n) is 6.20. The van der Waals surface area contributed by atoms with Crippen LogP contribution in [-0.2, 0) is 0 Å². The fourth-order valence-electron chi connectivity index (χ4n) is 3.09. The van der Waals surface area contributed by atoms with E-state index in [4.69, 9.17) is 4.74 Å². The molecule has 1 aromatic rings. The Bertz CT molecular complexity index is 444. The monoisotopic (exact) mass is 292 g/mol. The van der Waals surface area contributed by atoms with Gasteiger partial charge in [-0.25, -0.2) is 4.39 Å².